The molecule has 0 amide bonds. The van der Waals surface area contributed by atoms with E-state index < -0.39 is 13.9 Å². The van der Waals surface area contributed by atoms with Gasteiger partial charge in [-0.15, -0.1) is 0 Å². The number of hydrogen-bond donors (Lipinski definition) is 1. The van der Waals surface area contributed by atoms with Crippen LogP contribution in [0, 0.1) is 0 Å². The molecule has 64 heavy (non-hydrogen) atoms. The van der Waals surface area contributed by atoms with Crippen LogP contribution in [0.1, 0.15) is 264 Å². The highest BCUT2D eigenvalue weighted by Gasteiger charge is 2.26. The number of quaternary nitrogens is 1. The van der Waals surface area contributed by atoms with Crippen molar-refractivity contribution in [3.63, 3.8) is 0 Å². The Morgan fingerprint density at radius 1 is 0.469 bits per heavy atom. The van der Waals surface area contributed by atoms with Crippen molar-refractivity contribution in [3.05, 3.63) is 24.3 Å². The predicted octanol–water partition coefficient (Wildman–Crippen LogP) is 17.1. The number of carbonyl (C=O) groups is 1. The Labute approximate surface area is 398 Å². The average Bonchev–Trinajstić information content (AvgIpc) is 3.25. The number of ether oxygens (including phenoxy) is 2. The summed E-state index contributed by atoms with van der Waals surface area (Å²) in [7, 11) is 1.68. The van der Waals surface area contributed by atoms with Gasteiger partial charge >= 0.3 is 13.8 Å². The first-order valence-electron chi connectivity index (χ1n) is 27.6. The molecule has 0 rings (SSSR count). The van der Waals surface area contributed by atoms with E-state index in [-0.39, 0.29) is 25.8 Å². The van der Waals surface area contributed by atoms with Gasteiger partial charge in [-0.2, -0.15) is 0 Å². The molecule has 0 aliphatic heterocycles. The molecule has 380 valence electrons. The molecule has 0 fully saturated rings. The summed E-state index contributed by atoms with van der Waals surface area (Å²) in [5, 5.41) is 0. The van der Waals surface area contributed by atoms with Crippen molar-refractivity contribution in [2.24, 2.45) is 0 Å². The van der Waals surface area contributed by atoms with Crippen LogP contribution in [0.3, 0.4) is 0 Å². The average molecular weight is 927 g/mol. The van der Waals surface area contributed by atoms with Gasteiger partial charge in [0.25, 0.3) is 0 Å². The molecule has 9 heteroatoms. The van der Waals surface area contributed by atoms with Crippen molar-refractivity contribution in [1.29, 1.82) is 0 Å². The van der Waals surface area contributed by atoms with E-state index in [2.05, 4.69) is 38.2 Å². The second-order valence-corrected chi connectivity index (χ2v) is 21.4. The van der Waals surface area contributed by atoms with Gasteiger partial charge in [0.15, 0.2) is 0 Å². The van der Waals surface area contributed by atoms with Gasteiger partial charge in [-0.1, -0.05) is 218 Å². The first-order valence-corrected chi connectivity index (χ1v) is 29.1. The predicted molar refractivity (Wildman–Crippen MR) is 275 cm³/mol. The van der Waals surface area contributed by atoms with Crippen molar-refractivity contribution in [2.75, 3.05) is 54.1 Å². The smallest absolute Gasteiger partial charge is 0.457 e. The van der Waals surface area contributed by atoms with Gasteiger partial charge in [0.05, 0.1) is 34.4 Å². The first kappa shape index (κ1) is 63.0. The van der Waals surface area contributed by atoms with Crippen LogP contribution in [0.2, 0.25) is 0 Å². The second-order valence-electron chi connectivity index (χ2n) is 20.0. The van der Waals surface area contributed by atoms with Gasteiger partial charge in [-0.05, 0) is 64.2 Å². The van der Waals surface area contributed by atoms with E-state index in [0.29, 0.717) is 24.1 Å². The Balaban J connectivity index is 4.06. The summed E-state index contributed by atoms with van der Waals surface area (Å²) < 4.78 is 35.2. The topological polar surface area (TPSA) is 91.3 Å². The molecular weight excluding hydrogens is 818 g/mol. The molecular formula is C55H109NO7P+. The minimum Gasteiger partial charge on any atom is -0.457 e. The molecule has 0 saturated heterocycles. The molecule has 0 aromatic heterocycles. The van der Waals surface area contributed by atoms with Crippen molar-refractivity contribution < 1.29 is 37.3 Å². The Morgan fingerprint density at radius 2 is 0.812 bits per heavy atom. The summed E-state index contributed by atoms with van der Waals surface area (Å²) in [6.07, 6.45) is 58.0. The number of phosphoric ester groups is 1. The summed E-state index contributed by atoms with van der Waals surface area (Å²) >= 11 is 0. The molecule has 0 aromatic rings. The van der Waals surface area contributed by atoms with E-state index in [1.807, 2.05) is 21.1 Å². The fraction of sp³-hybridized carbons (Fsp3) is 0.909. The van der Waals surface area contributed by atoms with Crippen LogP contribution in [-0.4, -0.2) is 75.6 Å². The first-order chi connectivity index (χ1) is 31.1. The molecule has 0 aliphatic rings. The molecule has 8 nitrogen and oxygen atoms in total. The highest BCUT2D eigenvalue weighted by molar-refractivity contribution is 7.47. The van der Waals surface area contributed by atoms with E-state index in [0.717, 1.165) is 32.1 Å². The van der Waals surface area contributed by atoms with Crippen molar-refractivity contribution >= 4 is 13.8 Å². The lowest BCUT2D eigenvalue weighted by Crippen LogP contribution is -2.37. The number of phosphoric acid groups is 1. The quantitative estimate of drug-likeness (QED) is 0.0214. The van der Waals surface area contributed by atoms with Crippen LogP contribution in [0.4, 0.5) is 0 Å². The fourth-order valence-electron chi connectivity index (χ4n) is 7.96. The van der Waals surface area contributed by atoms with Gasteiger partial charge in [0.2, 0.25) is 0 Å². The Kier molecular flexibility index (Phi) is 47.7. The number of nitrogens with zero attached hydrogens (tertiary/aromatic N) is 1. The summed E-state index contributed by atoms with van der Waals surface area (Å²) in [6.45, 7) is 5.66. The molecule has 0 spiro atoms. The lowest BCUT2D eigenvalue weighted by Gasteiger charge is -2.24. The van der Waals surface area contributed by atoms with Gasteiger partial charge in [0, 0.05) is 13.0 Å². The summed E-state index contributed by atoms with van der Waals surface area (Å²) in [6, 6.07) is 0. The molecule has 0 radical (unpaired) electrons. The number of carbonyl (C=O) groups excluding carboxylic acids is 1. The number of likely N-dealkylation sites (N-methyl/N-ethyl adjacent to an activating group) is 1. The monoisotopic (exact) mass is 927 g/mol. The molecule has 1 N–H and O–H groups in total. The van der Waals surface area contributed by atoms with Crippen LogP contribution in [0.5, 0.6) is 0 Å². The molecule has 0 bridgehead atoms. The third kappa shape index (κ3) is 52.0. The van der Waals surface area contributed by atoms with Crippen molar-refractivity contribution in [2.45, 2.75) is 270 Å². The number of unbranched alkanes of at least 4 members (excludes halogenated alkanes) is 34. The minimum atomic E-state index is -4.28. The molecule has 0 saturated carbocycles. The molecule has 2 atom stereocenters. The third-order valence-electron chi connectivity index (χ3n) is 12.2. The standard InChI is InChI=1S/C55H108NO7P/c1-6-8-10-12-14-16-18-20-22-24-25-26-27-28-29-30-31-32-34-36-38-40-42-44-46-48-55(57)63-54(53-62-64(58,59)61-51-49-56(3,4)5)52-60-50-47-45-43-41-39-37-35-33-23-21-19-17-15-13-11-9-7-2/h23-25,33,54H,6-22,26-32,34-53H2,1-5H3/p+1/b25-24-,33-23-. The zero-order valence-corrected chi connectivity index (χ0v) is 44.2. The fourth-order valence-corrected chi connectivity index (χ4v) is 8.70. The summed E-state index contributed by atoms with van der Waals surface area (Å²) in [5.74, 6) is -0.311. The van der Waals surface area contributed by atoms with E-state index in [1.165, 1.54) is 212 Å². The largest absolute Gasteiger partial charge is 0.472 e. The number of esters is 1. The lowest BCUT2D eigenvalue weighted by molar-refractivity contribution is -0.870. The normalized spacial score (nSPS) is 13.7. The van der Waals surface area contributed by atoms with Gasteiger partial charge < -0.3 is 18.9 Å². The van der Waals surface area contributed by atoms with E-state index in [4.69, 9.17) is 18.5 Å². The second kappa shape index (κ2) is 48.4. The van der Waals surface area contributed by atoms with Crippen LogP contribution in [0.15, 0.2) is 24.3 Å². The third-order valence-corrected chi connectivity index (χ3v) is 13.2. The molecule has 2 unspecified atom stereocenters. The Bertz CT molecular complexity index is 1080. The summed E-state index contributed by atoms with van der Waals surface area (Å²) in [4.78, 5) is 23.0. The number of rotatable bonds is 52. The van der Waals surface area contributed by atoms with Crippen LogP contribution in [-0.2, 0) is 27.9 Å². The molecule has 0 aromatic carbocycles. The van der Waals surface area contributed by atoms with E-state index >= 15 is 0 Å². The Morgan fingerprint density at radius 3 is 1.19 bits per heavy atom. The maximum Gasteiger partial charge on any atom is 0.472 e. The highest BCUT2D eigenvalue weighted by atomic mass is 31.2. The zero-order valence-electron chi connectivity index (χ0n) is 43.3. The van der Waals surface area contributed by atoms with Crippen LogP contribution < -0.4 is 0 Å². The zero-order chi connectivity index (χ0) is 46.9. The van der Waals surface area contributed by atoms with Gasteiger partial charge in [0.1, 0.15) is 19.3 Å². The van der Waals surface area contributed by atoms with Crippen molar-refractivity contribution in [1.82, 2.24) is 0 Å². The molecule has 0 aliphatic carbocycles. The van der Waals surface area contributed by atoms with Crippen LogP contribution >= 0.6 is 7.82 Å². The highest BCUT2D eigenvalue weighted by Crippen LogP contribution is 2.43. The number of allylic oxidation sites excluding steroid dienone is 4. The Hall–Kier alpha value is -1.02. The molecule has 0 heterocycles. The van der Waals surface area contributed by atoms with E-state index in [9.17, 15) is 14.3 Å². The summed E-state index contributed by atoms with van der Waals surface area (Å²) in [5.41, 5.74) is 0. The van der Waals surface area contributed by atoms with E-state index in [1.54, 1.807) is 0 Å². The van der Waals surface area contributed by atoms with Gasteiger partial charge in [-0.25, -0.2) is 4.57 Å². The maximum absolute atomic E-state index is 12.8. The van der Waals surface area contributed by atoms with Crippen LogP contribution in [0.25, 0.3) is 0 Å². The van der Waals surface area contributed by atoms with Gasteiger partial charge in [-0.3, -0.25) is 13.8 Å². The lowest BCUT2D eigenvalue weighted by atomic mass is 10.0. The van der Waals surface area contributed by atoms with Crippen molar-refractivity contribution in [3.8, 4) is 0 Å². The maximum atomic E-state index is 12.8. The number of hydrogen-bond acceptors (Lipinski definition) is 6. The minimum absolute atomic E-state index is 0.0894. The SMILES string of the molecule is CCCCCCCCC/C=C\CCCCCCCCOCC(COP(=O)(O)OCC[N+](C)(C)C)OC(=O)CCCCCCCCCCCCCCC/C=C\CCCCCCCCCC.